The van der Waals surface area contributed by atoms with Crippen LogP contribution in [-0.4, -0.2) is 15.9 Å². The number of alkyl halides is 3. The molecular weight excluding hydrogens is 367 g/mol. The van der Waals surface area contributed by atoms with E-state index in [2.05, 4.69) is 15.3 Å². The molecule has 3 aromatic rings. The van der Waals surface area contributed by atoms with Crippen molar-refractivity contribution in [3.63, 3.8) is 0 Å². The molecule has 2 aromatic heterocycles. The number of pyridine rings is 2. The lowest BCUT2D eigenvalue weighted by Gasteiger charge is -2.06. The Labute approximate surface area is 159 Å². The van der Waals surface area contributed by atoms with Gasteiger partial charge in [-0.05, 0) is 40.5 Å². The van der Waals surface area contributed by atoms with Crippen molar-refractivity contribution in [1.29, 1.82) is 0 Å². The lowest BCUT2D eigenvalue weighted by molar-refractivity contribution is -0.141. The first kappa shape index (κ1) is 19.3. The van der Waals surface area contributed by atoms with Crippen molar-refractivity contribution in [1.82, 2.24) is 15.3 Å². The second kappa shape index (κ2) is 8.47. The highest BCUT2D eigenvalue weighted by atomic mass is 19.4. The van der Waals surface area contributed by atoms with E-state index in [1.807, 2.05) is 36.4 Å². The molecule has 0 atom stereocenters. The van der Waals surface area contributed by atoms with Gasteiger partial charge >= 0.3 is 6.18 Å². The van der Waals surface area contributed by atoms with Crippen molar-refractivity contribution in [3.8, 4) is 11.1 Å². The SMILES string of the molecule is O=C(C=Cc1ccc(C(F)(F)F)nc1)NCc1ccc(-c2cccnc2)cc1. The van der Waals surface area contributed by atoms with Crippen LogP contribution < -0.4 is 5.32 Å². The zero-order valence-corrected chi connectivity index (χ0v) is 14.6. The van der Waals surface area contributed by atoms with Gasteiger partial charge in [0.15, 0.2) is 0 Å². The molecule has 0 fully saturated rings. The van der Waals surface area contributed by atoms with Crippen LogP contribution in [0.4, 0.5) is 13.2 Å². The minimum atomic E-state index is -4.48. The summed E-state index contributed by atoms with van der Waals surface area (Å²) >= 11 is 0. The fraction of sp³-hybridized carbons (Fsp3) is 0.0952. The average molecular weight is 383 g/mol. The molecule has 1 aromatic carbocycles. The van der Waals surface area contributed by atoms with Crippen LogP contribution in [0.5, 0.6) is 0 Å². The highest BCUT2D eigenvalue weighted by molar-refractivity contribution is 5.91. The third-order valence-electron chi connectivity index (χ3n) is 3.92. The maximum atomic E-state index is 12.5. The van der Waals surface area contributed by atoms with Crippen molar-refractivity contribution in [2.75, 3.05) is 0 Å². The Morgan fingerprint density at radius 2 is 1.79 bits per heavy atom. The minimum absolute atomic E-state index is 0.335. The fourth-order valence-corrected chi connectivity index (χ4v) is 2.44. The molecule has 28 heavy (non-hydrogen) atoms. The number of rotatable bonds is 5. The summed E-state index contributed by atoms with van der Waals surface area (Å²) in [7, 11) is 0. The Morgan fingerprint density at radius 1 is 1.00 bits per heavy atom. The standard InChI is InChI=1S/C21H16F3N3O/c22-21(23,24)19-9-5-16(12-26-19)6-10-20(28)27-13-15-3-7-17(8-4-15)18-2-1-11-25-14-18/h1-12,14H,13H2,(H,27,28). The van der Waals surface area contributed by atoms with E-state index in [-0.39, 0.29) is 5.91 Å². The van der Waals surface area contributed by atoms with Crippen LogP contribution in [0.3, 0.4) is 0 Å². The maximum absolute atomic E-state index is 12.5. The molecule has 0 radical (unpaired) electrons. The van der Waals surface area contributed by atoms with Crippen LogP contribution in [0.2, 0.25) is 0 Å². The zero-order valence-electron chi connectivity index (χ0n) is 14.6. The Balaban J connectivity index is 1.53. The second-order valence-electron chi connectivity index (χ2n) is 5.96. The van der Waals surface area contributed by atoms with Gasteiger partial charge in [0.25, 0.3) is 0 Å². The quantitative estimate of drug-likeness (QED) is 0.661. The molecule has 0 spiro atoms. The van der Waals surface area contributed by atoms with E-state index < -0.39 is 11.9 Å². The first-order valence-electron chi connectivity index (χ1n) is 8.40. The van der Waals surface area contributed by atoms with Crippen molar-refractivity contribution < 1.29 is 18.0 Å². The van der Waals surface area contributed by atoms with Gasteiger partial charge in [0, 0.05) is 31.2 Å². The van der Waals surface area contributed by atoms with Gasteiger partial charge in [-0.1, -0.05) is 36.4 Å². The number of carbonyl (C=O) groups excluding carboxylic acids is 1. The number of hydrogen-bond acceptors (Lipinski definition) is 3. The molecule has 1 amide bonds. The summed E-state index contributed by atoms with van der Waals surface area (Å²) in [4.78, 5) is 19.3. The second-order valence-corrected chi connectivity index (χ2v) is 5.96. The third kappa shape index (κ3) is 5.26. The topological polar surface area (TPSA) is 54.9 Å². The van der Waals surface area contributed by atoms with Gasteiger partial charge in [0.05, 0.1) is 0 Å². The Hall–Kier alpha value is -3.48. The van der Waals surface area contributed by atoms with E-state index in [9.17, 15) is 18.0 Å². The van der Waals surface area contributed by atoms with E-state index >= 15 is 0 Å². The normalized spacial score (nSPS) is 11.5. The minimum Gasteiger partial charge on any atom is -0.348 e. The number of halogens is 3. The van der Waals surface area contributed by atoms with Crippen molar-refractivity contribution in [2.24, 2.45) is 0 Å². The van der Waals surface area contributed by atoms with E-state index in [0.29, 0.717) is 12.1 Å². The molecule has 3 rings (SSSR count). The summed E-state index contributed by atoms with van der Waals surface area (Å²) in [6.45, 7) is 0.335. The predicted molar refractivity (Wildman–Crippen MR) is 99.8 cm³/mol. The van der Waals surface area contributed by atoms with E-state index in [1.165, 1.54) is 18.2 Å². The first-order valence-corrected chi connectivity index (χ1v) is 8.40. The molecule has 0 aliphatic heterocycles. The monoisotopic (exact) mass is 383 g/mol. The number of carbonyl (C=O) groups is 1. The van der Waals surface area contributed by atoms with Gasteiger partial charge in [-0.3, -0.25) is 14.8 Å². The van der Waals surface area contributed by atoms with Crippen LogP contribution in [0.25, 0.3) is 17.2 Å². The average Bonchev–Trinajstić information content (AvgIpc) is 2.71. The lowest BCUT2D eigenvalue weighted by atomic mass is 10.1. The summed E-state index contributed by atoms with van der Waals surface area (Å²) in [6, 6.07) is 13.7. The Bertz CT molecular complexity index is 951. The Kier molecular flexibility index (Phi) is 5.84. The number of hydrogen-bond donors (Lipinski definition) is 1. The van der Waals surface area contributed by atoms with Crippen molar-refractivity contribution >= 4 is 12.0 Å². The van der Waals surface area contributed by atoms with Gasteiger partial charge in [-0.15, -0.1) is 0 Å². The number of nitrogens with one attached hydrogen (secondary N) is 1. The zero-order chi connectivity index (χ0) is 20.0. The molecule has 7 heteroatoms. The largest absolute Gasteiger partial charge is 0.433 e. The number of benzene rings is 1. The van der Waals surface area contributed by atoms with Gasteiger partial charge in [-0.2, -0.15) is 13.2 Å². The van der Waals surface area contributed by atoms with Gasteiger partial charge in [-0.25, -0.2) is 0 Å². The summed E-state index contributed by atoms with van der Waals surface area (Å²) < 4.78 is 37.4. The van der Waals surface area contributed by atoms with Crippen LogP contribution in [0.1, 0.15) is 16.8 Å². The third-order valence-corrected chi connectivity index (χ3v) is 3.92. The molecule has 0 aliphatic rings. The summed E-state index contributed by atoms with van der Waals surface area (Å²) in [6.07, 6.45) is 2.75. The fourth-order valence-electron chi connectivity index (χ4n) is 2.44. The summed E-state index contributed by atoms with van der Waals surface area (Å²) in [5.41, 5.74) is 2.39. The van der Waals surface area contributed by atoms with E-state index in [4.69, 9.17) is 0 Å². The predicted octanol–water partition coefficient (Wildman–Crippen LogP) is 4.49. The molecule has 0 saturated carbocycles. The smallest absolute Gasteiger partial charge is 0.348 e. The molecule has 4 nitrogen and oxygen atoms in total. The molecule has 0 bridgehead atoms. The van der Waals surface area contributed by atoms with Crippen LogP contribution >= 0.6 is 0 Å². The lowest BCUT2D eigenvalue weighted by Crippen LogP contribution is -2.20. The molecule has 0 unspecified atom stereocenters. The van der Waals surface area contributed by atoms with Gasteiger partial charge < -0.3 is 5.32 Å². The number of aromatic nitrogens is 2. The molecule has 142 valence electrons. The molecule has 2 heterocycles. The van der Waals surface area contributed by atoms with E-state index in [0.717, 1.165) is 29.0 Å². The van der Waals surface area contributed by atoms with Crippen molar-refractivity contribution in [2.45, 2.75) is 12.7 Å². The van der Waals surface area contributed by atoms with Crippen LogP contribution in [0, 0.1) is 0 Å². The molecule has 0 saturated heterocycles. The summed E-state index contributed by atoms with van der Waals surface area (Å²) in [5.74, 6) is -0.351. The number of nitrogens with zero attached hydrogens (tertiary/aromatic N) is 2. The number of amides is 1. The highest BCUT2D eigenvalue weighted by Crippen LogP contribution is 2.27. The van der Waals surface area contributed by atoms with Crippen LogP contribution in [0.15, 0.2) is 73.2 Å². The highest BCUT2D eigenvalue weighted by Gasteiger charge is 2.31. The maximum Gasteiger partial charge on any atom is 0.433 e. The van der Waals surface area contributed by atoms with Crippen LogP contribution in [-0.2, 0) is 17.5 Å². The van der Waals surface area contributed by atoms with Gasteiger partial charge in [0.2, 0.25) is 5.91 Å². The van der Waals surface area contributed by atoms with Gasteiger partial charge in [0.1, 0.15) is 5.69 Å². The Morgan fingerprint density at radius 3 is 2.39 bits per heavy atom. The van der Waals surface area contributed by atoms with E-state index in [1.54, 1.807) is 12.4 Å². The molecule has 0 aliphatic carbocycles. The van der Waals surface area contributed by atoms with Crippen molar-refractivity contribution in [3.05, 3.63) is 90.0 Å². The molecular formula is C21H16F3N3O. The summed E-state index contributed by atoms with van der Waals surface area (Å²) in [5, 5.41) is 2.73. The molecule has 1 N–H and O–H groups in total. The first-order chi connectivity index (χ1) is 13.4.